The lowest BCUT2D eigenvalue weighted by Gasteiger charge is -2.28. The van der Waals surface area contributed by atoms with E-state index in [1.165, 1.54) is 11.0 Å². The molecule has 0 spiro atoms. The van der Waals surface area contributed by atoms with Gasteiger partial charge in [-0.15, -0.1) is 0 Å². The predicted molar refractivity (Wildman–Crippen MR) is 117 cm³/mol. The number of rotatable bonds is 6. The second-order valence-corrected chi connectivity index (χ2v) is 9.78. The van der Waals surface area contributed by atoms with Gasteiger partial charge in [0.2, 0.25) is 0 Å². The molecule has 4 rings (SSSR count). The normalized spacial score (nSPS) is 17.5. The highest BCUT2D eigenvalue weighted by atomic mass is 32.2. The molecule has 1 atom stereocenters. The van der Waals surface area contributed by atoms with E-state index in [0.717, 1.165) is 5.56 Å². The second-order valence-electron chi connectivity index (χ2n) is 7.55. The maximum absolute atomic E-state index is 13.4. The maximum atomic E-state index is 13.4. The van der Waals surface area contributed by atoms with Crippen LogP contribution < -0.4 is 10.4 Å². The third-order valence-corrected chi connectivity index (χ3v) is 7.12. The third kappa shape index (κ3) is 4.64. The number of sulfone groups is 1. The summed E-state index contributed by atoms with van der Waals surface area (Å²) in [6, 6.07) is 15.2. The van der Waals surface area contributed by atoms with Crippen molar-refractivity contribution < 1.29 is 22.4 Å². The van der Waals surface area contributed by atoms with E-state index in [-0.39, 0.29) is 23.6 Å². The van der Waals surface area contributed by atoms with Crippen molar-refractivity contribution in [1.82, 2.24) is 4.90 Å². The number of carbonyl (C=O) groups excluding carboxylic acids is 1. The van der Waals surface area contributed by atoms with E-state index in [0.29, 0.717) is 29.7 Å². The molecule has 2 heterocycles. The molecule has 0 aliphatic carbocycles. The first-order valence-corrected chi connectivity index (χ1v) is 11.9. The maximum Gasteiger partial charge on any atom is 0.349 e. The molecule has 1 fully saturated rings. The van der Waals surface area contributed by atoms with E-state index < -0.39 is 27.4 Å². The molecule has 1 aliphatic rings. The van der Waals surface area contributed by atoms with E-state index in [4.69, 9.17) is 9.15 Å². The lowest BCUT2D eigenvalue weighted by molar-refractivity contribution is 0.0676. The van der Waals surface area contributed by atoms with Crippen molar-refractivity contribution in [3.05, 3.63) is 76.1 Å². The molecule has 0 saturated carbocycles. The highest BCUT2D eigenvalue weighted by Gasteiger charge is 2.36. The summed E-state index contributed by atoms with van der Waals surface area (Å²) in [6.45, 7) is 2.61. The van der Waals surface area contributed by atoms with Crippen LogP contribution in [0.4, 0.5) is 0 Å². The Hall–Kier alpha value is -3.13. The molecule has 1 aliphatic heterocycles. The number of carbonyl (C=O) groups is 1. The van der Waals surface area contributed by atoms with E-state index in [1.54, 1.807) is 36.4 Å². The van der Waals surface area contributed by atoms with Gasteiger partial charge in [-0.2, -0.15) is 0 Å². The summed E-state index contributed by atoms with van der Waals surface area (Å²) >= 11 is 0. The van der Waals surface area contributed by atoms with Crippen molar-refractivity contribution in [3.63, 3.8) is 0 Å². The fourth-order valence-electron chi connectivity index (χ4n) is 3.81. The van der Waals surface area contributed by atoms with Crippen LogP contribution >= 0.6 is 0 Å². The molecule has 1 aromatic heterocycles. The summed E-state index contributed by atoms with van der Waals surface area (Å²) in [5.41, 5.74) is 0.368. The van der Waals surface area contributed by atoms with Gasteiger partial charge in [-0.05, 0) is 43.2 Å². The summed E-state index contributed by atoms with van der Waals surface area (Å²) in [4.78, 5) is 27.4. The van der Waals surface area contributed by atoms with Crippen molar-refractivity contribution in [2.24, 2.45) is 0 Å². The van der Waals surface area contributed by atoms with E-state index >= 15 is 0 Å². The molecule has 2 aromatic carbocycles. The monoisotopic (exact) mass is 441 g/mol. The van der Waals surface area contributed by atoms with Crippen LogP contribution in [0.15, 0.2) is 63.8 Å². The van der Waals surface area contributed by atoms with Gasteiger partial charge in [0.05, 0.1) is 18.1 Å². The molecular formula is C23H23NO6S. The number of nitrogens with zero attached hydrogens (tertiary/aromatic N) is 1. The van der Waals surface area contributed by atoms with Crippen LogP contribution in [0.25, 0.3) is 11.0 Å². The first kappa shape index (κ1) is 21.1. The highest BCUT2D eigenvalue weighted by molar-refractivity contribution is 7.91. The van der Waals surface area contributed by atoms with Crippen molar-refractivity contribution in [1.29, 1.82) is 0 Å². The SMILES string of the molecule is CCOc1ccc(CN(C(=O)c2cc3ccccc3oc2=O)[C@H]2CCS(=O)(=O)C2)cc1. The Bertz CT molecular complexity index is 1260. The van der Waals surface area contributed by atoms with Gasteiger partial charge in [-0.3, -0.25) is 4.79 Å². The zero-order chi connectivity index (χ0) is 22.0. The molecule has 1 saturated heterocycles. The van der Waals surface area contributed by atoms with Gasteiger partial charge < -0.3 is 14.1 Å². The lowest BCUT2D eigenvalue weighted by Crippen LogP contribution is -2.42. The molecule has 8 heteroatoms. The van der Waals surface area contributed by atoms with Gasteiger partial charge in [0.15, 0.2) is 9.84 Å². The number of ether oxygens (including phenoxy) is 1. The first-order chi connectivity index (χ1) is 14.9. The Morgan fingerprint density at radius 2 is 1.90 bits per heavy atom. The van der Waals surface area contributed by atoms with Gasteiger partial charge in [-0.1, -0.05) is 30.3 Å². The van der Waals surface area contributed by atoms with Crippen molar-refractivity contribution in [2.75, 3.05) is 18.1 Å². The van der Waals surface area contributed by atoms with Gasteiger partial charge >= 0.3 is 5.63 Å². The summed E-state index contributed by atoms with van der Waals surface area (Å²) in [7, 11) is -3.22. The fraction of sp³-hybridized carbons (Fsp3) is 0.304. The summed E-state index contributed by atoms with van der Waals surface area (Å²) in [5, 5.41) is 0.630. The number of hydrogen-bond acceptors (Lipinski definition) is 6. The molecule has 162 valence electrons. The molecule has 31 heavy (non-hydrogen) atoms. The summed E-state index contributed by atoms with van der Waals surface area (Å²) in [5.74, 6) is 0.0874. The number of hydrogen-bond donors (Lipinski definition) is 0. The molecular weight excluding hydrogens is 418 g/mol. The summed E-state index contributed by atoms with van der Waals surface area (Å²) < 4.78 is 34.9. The zero-order valence-corrected chi connectivity index (χ0v) is 17.9. The largest absolute Gasteiger partial charge is 0.494 e. The molecule has 3 aromatic rings. The Morgan fingerprint density at radius 1 is 1.16 bits per heavy atom. The molecule has 1 amide bonds. The molecule has 0 radical (unpaired) electrons. The van der Waals surface area contributed by atoms with E-state index in [2.05, 4.69) is 0 Å². The minimum Gasteiger partial charge on any atom is -0.494 e. The van der Waals surface area contributed by atoms with Crippen LogP contribution in [0.1, 0.15) is 29.3 Å². The zero-order valence-electron chi connectivity index (χ0n) is 17.1. The molecule has 0 unspecified atom stereocenters. The minimum atomic E-state index is -3.22. The first-order valence-electron chi connectivity index (χ1n) is 10.1. The third-order valence-electron chi connectivity index (χ3n) is 5.37. The Kier molecular flexibility index (Phi) is 5.82. The van der Waals surface area contributed by atoms with Crippen LogP contribution in [0.5, 0.6) is 5.75 Å². The lowest BCUT2D eigenvalue weighted by atomic mass is 10.1. The van der Waals surface area contributed by atoms with Crippen LogP contribution in [0.3, 0.4) is 0 Å². The van der Waals surface area contributed by atoms with Crippen LogP contribution in [-0.4, -0.2) is 43.4 Å². The average Bonchev–Trinajstić information content (AvgIpc) is 3.11. The second kappa shape index (κ2) is 8.55. The predicted octanol–water partition coefficient (Wildman–Crippen LogP) is 3.02. The van der Waals surface area contributed by atoms with Crippen LogP contribution in [0.2, 0.25) is 0 Å². The van der Waals surface area contributed by atoms with Gasteiger partial charge in [-0.25, -0.2) is 13.2 Å². The Balaban J connectivity index is 1.69. The van der Waals surface area contributed by atoms with Crippen molar-refractivity contribution >= 4 is 26.7 Å². The van der Waals surface area contributed by atoms with Crippen LogP contribution in [-0.2, 0) is 16.4 Å². The minimum absolute atomic E-state index is 0.0249. The highest BCUT2D eigenvalue weighted by Crippen LogP contribution is 2.24. The topological polar surface area (TPSA) is 93.9 Å². The number of fused-ring (bicyclic) bond motifs is 1. The average molecular weight is 442 g/mol. The van der Waals surface area contributed by atoms with E-state index in [9.17, 15) is 18.0 Å². The number of amides is 1. The Labute approximate surface area is 180 Å². The number of benzene rings is 2. The number of para-hydroxylation sites is 1. The molecule has 7 nitrogen and oxygen atoms in total. The smallest absolute Gasteiger partial charge is 0.349 e. The van der Waals surface area contributed by atoms with Crippen molar-refractivity contribution in [3.8, 4) is 5.75 Å². The quantitative estimate of drug-likeness (QED) is 0.546. The van der Waals surface area contributed by atoms with Crippen molar-refractivity contribution in [2.45, 2.75) is 25.9 Å². The fourth-order valence-corrected chi connectivity index (χ4v) is 5.54. The standard InChI is InChI=1S/C23H23NO6S/c1-2-29-19-9-7-16(8-10-19)14-24(18-11-12-31(27,28)15-18)22(25)20-13-17-5-3-4-6-21(17)30-23(20)26/h3-10,13,18H,2,11-12,14-15H2,1H3/t18-/m0/s1. The van der Waals surface area contributed by atoms with Gasteiger partial charge in [0, 0.05) is 18.0 Å². The molecule has 0 bridgehead atoms. The van der Waals surface area contributed by atoms with Gasteiger partial charge in [0.25, 0.3) is 5.91 Å². The Morgan fingerprint density at radius 3 is 2.58 bits per heavy atom. The van der Waals surface area contributed by atoms with Gasteiger partial charge in [0.1, 0.15) is 16.9 Å². The van der Waals surface area contributed by atoms with Crippen LogP contribution in [0, 0.1) is 0 Å². The van der Waals surface area contributed by atoms with E-state index in [1.807, 2.05) is 19.1 Å². The molecule has 0 N–H and O–H groups in total. The summed E-state index contributed by atoms with van der Waals surface area (Å²) in [6.07, 6.45) is 0.337.